The summed E-state index contributed by atoms with van der Waals surface area (Å²) in [5.74, 6) is -2.98. The molecule has 0 heterocycles. The van der Waals surface area contributed by atoms with Gasteiger partial charge in [-0.05, 0) is 19.1 Å². The van der Waals surface area contributed by atoms with E-state index in [0.717, 1.165) is 5.56 Å². The molecule has 1 aromatic rings. The van der Waals surface area contributed by atoms with Crippen molar-refractivity contribution in [3.05, 3.63) is 34.7 Å². The van der Waals surface area contributed by atoms with Crippen LogP contribution in [-0.4, -0.2) is 54.7 Å². The molecule has 0 saturated carbocycles. The summed E-state index contributed by atoms with van der Waals surface area (Å²) in [7, 11) is -4.15. The highest BCUT2D eigenvalue weighted by Gasteiger charge is 2.28. The van der Waals surface area contributed by atoms with Crippen molar-refractivity contribution in [1.29, 1.82) is 0 Å². The van der Waals surface area contributed by atoms with Crippen molar-refractivity contribution in [3.8, 4) is 0 Å². The van der Waals surface area contributed by atoms with Crippen molar-refractivity contribution in [3.63, 3.8) is 0 Å². The molecule has 1 rings (SSSR count). The Morgan fingerprint density at radius 2 is 1.83 bits per heavy atom. The van der Waals surface area contributed by atoms with E-state index in [-0.39, 0.29) is 4.90 Å². The Kier molecular flexibility index (Phi) is 6.16. The number of nitrogens with zero attached hydrogens (tertiary/aromatic N) is 2. The summed E-state index contributed by atoms with van der Waals surface area (Å²) >= 11 is 0. The summed E-state index contributed by atoms with van der Waals surface area (Å²) in [4.78, 5) is 32.0. The Morgan fingerprint density at radius 1 is 1.26 bits per heavy atom. The Bertz CT molecular complexity index is 687. The van der Waals surface area contributed by atoms with Gasteiger partial charge in [-0.25, -0.2) is 13.4 Å². The largest absolute Gasteiger partial charge is 0.480 e. The van der Waals surface area contributed by atoms with Gasteiger partial charge in [-0.15, -0.1) is 4.91 Å². The third-order valence-electron chi connectivity index (χ3n) is 2.75. The number of rotatable bonds is 9. The number of nitrogens with one attached hydrogen (secondary N) is 1. The second-order valence-electron chi connectivity index (χ2n) is 4.65. The molecule has 1 unspecified atom stereocenters. The molecule has 0 aliphatic carbocycles. The minimum absolute atomic E-state index is 0.154. The number of carboxylic acid groups (broad SMARTS) is 2. The highest BCUT2D eigenvalue weighted by molar-refractivity contribution is 7.89. The molecule has 3 N–H and O–H groups in total. The van der Waals surface area contributed by atoms with Gasteiger partial charge in [-0.1, -0.05) is 17.7 Å². The lowest BCUT2D eigenvalue weighted by atomic mass is 10.2. The number of benzene rings is 1. The third kappa shape index (κ3) is 5.64. The monoisotopic (exact) mass is 345 g/mol. The van der Waals surface area contributed by atoms with Gasteiger partial charge in [-0.2, -0.15) is 4.72 Å². The molecular weight excluding hydrogens is 330 g/mol. The topological polar surface area (TPSA) is 153 Å². The van der Waals surface area contributed by atoms with Gasteiger partial charge in [0.25, 0.3) is 0 Å². The molecule has 0 bridgehead atoms. The average Bonchev–Trinajstić information content (AvgIpc) is 2.45. The number of aliphatic carboxylic acids is 2. The van der Waals surface area contributed by atoms with Crippen LogP contribution in [0.2, 0.25) is 0 Å². The van der Waals surface area contributed by atoms with Gasteiger partial charge in [0.1, 0.15) is 12.6 Å². The van der Waals surface area contributed by atoms with Gasteiger partial charge < -0.3 is 10.2 Å². The summed E-state index contributed by atoms with van der Waals surface area (Å²) < 4.78 is 26.2. The van der Waals surface area contributed by atoms with Crippen LogP contribution in [0.1, 0.15) is 5.56 Å². The Morgan fingerprint density at radius 3 is 2.26 bits per heavy atom. The predicted molar refractivity (Wildman–Crippen MR) is 77.9 cm³/mol. The number of hydrogen-bond acceptors (Lipinski definition) is 6. The summed E-state index contributed by atoms with van der Waals surface area (Å²) in [6, 6.07) is 3.92. The van der Waals surface area contributed by atoms with Crippen LogP contribution in [-0.2, 0) is 19.6 Å². The highest BCUT2D eigenvalue weighted by Crippen LogP contribution is 2.11. The second-order valence-corrected chi connectivity index (χ2v) is 6.36. The van der Waals surface area contributed by atoms with E-state index in [2.05, 4.69) is 5.29 Å². The summed E-state index contributed by atoms with van der Waals surface area (Å²) in [6.07, 6.45) is 0. The molecule has 0 radical (unpaired) electrons. The smallest absolute Gasteiger partial charge is 0.325 e. The van der Waals surface area contributed by atoms with E-state index < -0.39 is 41.1 Å². The van der Waals surface area contributed by atoms with Crippen LogP contribution in [0.25, 0.3) is 0 Å². The van der Waals surface area contributed by atoms with Crippen molar-refractivity contribution < 1.29 is 28.2 Å². The molecule has 0 saturated heterocycles. The van der Waals surface area contributed by atoms with Gasteiger partial charge in [0.2, 0.25) is 10.0 Å². The molecule has 11 heteroatoms. The molecule has 0 amide bonds. The molecule has 0 spiro atoms. The molecule has 0 aliphatic rings. The normalized spacial score (nSPS) is 12.4. The lowest BCUT2D eigenvalue weighted by molar-refractivity contribution is -0.142. The lowest BCUT2D eigenvalue weighted by Gasteiger charge is -2.19. The molecule has 126 valence electrons. The van der Waals surface area contributed by atoms with Crippen molar-refractivity contribution in [2.75, 3.05) is 13.1 Å². The molecular formula is C12H15N3O7S. The van der Waals surface area contributed by atoms with E-state index in [9.17, 15) is 22.9 Å². The van der Waals surface area contributed by atoms with E-state index in [0.29, 0.717) is 5.01 Å². The number of hydrogen-bond donors (Lipinski definition) is 3. The van der Waals surface area contributed by atoms with E-state index in [1.807, 2.05) is 4.72 Å². The van der Waals surface area contributed by atoms with E-state index in [4.69, 9.17) is 10.2 Å². The van der Waals surface area contributed by atoms with Crippen molar-refractivity contribution in [2.45, 2.75) is 17.9 Å². The zero-order valence-corrected chi connectivity index (χ0v) is 12.9. The molecule has 0 aliphatic heterocycles. The van der Waals surface area contributed by atoms with Gasteiger partial charge >= 0.3 is 11.9 Å². The van der Waals surface area contributed by atoms with Crippen LogP contribution in [0, 0.1) is 11.8 Å². The quantitative estimate of drug-likeness (QED) is 0.410. The minimum Gasteiger partial charge on any atom is -0.480 e. The predicted octanol–water partition coefficient (Wildman–Crippen LogP) is -0.205. The fourth-order valence-electron chi connectivity index (χ4n) is 1.63. The number of carboxylic acids is 2. The van der Waals surface area contributed by atoms with Crippen LogP contribution >= 0.6 is 0 Å². The minimum atomic E-state index is -4.15. The second kappa shape index (κ2) is 7.65. The van der Waals surface area contributed by atoms with Crippen LogP contribution in [0.4, 0.5) is 0 Å². The van der Waals surface area contributed by atoms with Gasteiger partial charge in [0.05, 0.1) is 16.7 Å². The Balaban J connectivity index is 2.94. The zero-order chi connectivity index (χ0) is 17.6. The third-order valence-corrected chi connectivity index (χ3v) is 4.24. The maximum atomic E-state index is 12.1. The Labute approximate surface area is 131 Å². The number of carbonyl (C=O) groups is 2. The van der Waals surface area contributed by atoms with Gasteiger partial charge in [0.15, 0.2) is 0 Å². The molecule has 1 atom stereocenters. The van der Waals surface area contributed by atoms with Gasteiger partial charge in [-0.3, -0.25) is 9.59 Å². The first kappa shape index (κ1) is 18.5. The number of nitroso groups, excluding NO2 is 1. The SMILES string of the molecule is Cc1ccc(S(=O)(=O)NC(CN(CC(=O)O)N=O)C(=O)O)cc1. The highest BCUT2D eigenvalue weighted by atomic mass is 32.2. The van der Waals surface area contributed by atoms with Gasteiger partial charge in [0, 0.05) is 0 Å². The Hall–Kier alpha value is -2.53. The zero-order valence-electron chi connectivity index (χ0n) is 12.0. The van der Waals surface area contributed by atoms with Crippen LogP contribution < -0.4 is 4.72 Å². The summed E-state index contributed by atoms with van der Waals surface area (Å²) in [5, 5.41) is 20.4. The number of aryl methyl sites for hydroxylation is 1. The van der Waals surface area contributed by atoms with E-state index in [1.165, 1.54) is 24.3 Å². The fourth-order valence-corrected chi connectivity index (χ4v) is 2.81. The average molecular weight is 345 g/mol. The molecule has 0 fully saturated rings. The maximum Gasteiger partial charge on any atom is 0.325 e. The summed E-state index contributed by atoms with van der Waals surface area (Å²) in [5.41, 5.74) is 0.816. The van der Waals surface area contributed by atoms with Crippen LogP contribution in [0.5, 0.6) is 0 Å². The first-order chi connectivity index (χ1) is 10.7. The molecule has 10 nitrogen and oxygen atoms in total. The number of sulfonamides is 1. The van der Waals surface area contributed by atoms with Crippen molar-refractivity contribution in [2.24, 2.45) is 5.29 Å². The lowest BCUT2D eigenvalue weighted by Crippen LogP contribution is -2.48. The van der Waals surface area contributed by atoms with E-state index in [1.54, 1.807) is 6.92 Å². The van der Waals surface area contributed by atoms with Crippen LogP contribution in [0.3, 0.4) is 0 Å². The standard InChI is InChI=1S/C12H15N3O7S/c1-8-2-4-9(5-3-8)23(21,22)13-10(12(18)19)6-15(14-20)7-11(16)17/h2-5,10,13H,6-7H2,1H3,(H,16,17)(H,18,19). The first-order valence-corrected chi connectivity index (χ1v) is 7.76. The molecule has 23 heavy (non-hydrogen) atoms. The van der Waals surface area contributed by atoms with Crippen molar-refractivity contribution >= 4 is 22.0 Å². The molecule has 0 aromatic heterocycles. The molecule has 1 aromatic carbocycles. The van der Waals surface area contributed by atoms with Crippen LogP contribution in [0.15, 0.2) is 34.4 Å². The van der Waals surface area contributed by atoms with E-state index >= 15 is 0 Å². The van der Waals surface area contributed by atoms with Crippen molar-refractivity contribution in [1.82, 2.24) is 9.73 Å². The first-order valence-electron chi connectivity index (χ1n) is 6.27. The fraction of sp³-hybridized carbons (Fsp3) is 0.333. The summed E-state index contributed by atoms with van der Waals surface area (Å²) in [6.45, 7) is 0.180. The maximum absolute atomic E-state index is 12.1.